The van der Waals surface area contributed by atoms with Gasteiger partial charge in [-0.15, -0.1) is 0 Å². The summed E-state index contributed by atoms with van der Waals surface area (Å²) >= 11 is 0. The standard InChI is InChI=1S/C15H19N3O2/c1-2-3-4-9-14(19)17-18-15(20)12-10-16-13-8-6-5-7-11(12)13/h5-8,10,16H,2-4,9H2,1H3,(H,17,19)(H,18,20). The predicted molar refractivity (Wildman–Crippen MR) is 78.0 cm³/mol. The number of aromatic amines is 1. The van der Waals surface area contributed by atoms with E-state index in [4.69, 9.17) is 0 Å². The van der Waals surface area contributed by atoms with Crippen LogP contribution in [0.4, 0.5) is 0 Å². The molecule has 20 heavy (non-hydrogen) atoms. The van der Waals surface area contributed by atoms with Crippen LogP contribution in [0.2, 0.25) is 0 Å². The van der Waals surface area contributed by atoms with E-state index in [0.717, 1.165) is 30.2 Å². The maximum Gasteiger partial charge on any atom is 0.271 e. The third-order valence-corrected chi connectivity index (χ3v) is 3.16. The number of benzene rings is 1. The minimum absolute atomic E-state index is 0.161. The second-order valence-corrected chi connectivity index (χ2v) is 4.71. The van der Waals surface area contributed by atoms with Crippen LogP contribution in [0.3, 0.4) is 0 Å². The molecule has 1 aromatic carbocycles. The molecule has 0 aliphatic rings. The molecule has 1 heterocycles. The number of hydrazine groups is 1. The second-order valence-electron chi connectivity index (χ2n) is 4.71. The Morgan fingerprint density at radius 3 is 2.75 bits per heavy atom. The summed E-state index contributed by atoms with van der Waals surface area (Å²) in [5.41, 5.74) is 6.31. The fourth-order valence-corrected chi connectivity index (χ4v) is 2.05. The average Bonchev–Trinajstić information content (AvgIpc) is 2.89. The third-order valence-electron chi connectivity index (χ3n) is 3.16. The van der Waals surface area contributed by atoms with Crippen molar-refractivity contribution in [3.8, 4) is 0 Å². The monoisotopic (exact) mass is 273 g/mol. The van der Waals surface area contributed by atoms with E-state index in [0.29, 0.717) is 12.0 Å². The first-order valence-corrected chi connectivity index (χ1v) is 6.87. The van der Waals surface area contributed by atoms with Crippen LogP contribution < -0.4 is 10.9 Å². The van der Waals surface area contributed by atoms with Gasteiger partial charge in [0.25, 0.3) is 5.91 Å². The van der Waals surface area contributed by atoms with Crippen LogP contribution in [-0.2, 0) is 4.79 Å². The molecule has 2 aromatic rings. The van der Waals surface area contributed by atoms with Gasteiger partial charge in [0.15, 0.2) is 0 Å². The first-order chi connectivity index (χ1) is 9.72. The van der Waals surface area contributed by atoms with Gasteiger partial charge in [0, 0.05) is 23.5 Å². The number of hydrogen-bond donors (Lipinski definition) is 3. The summed E-state index contributed by atoms with van der Waals surface area (Å²) in [6.07, 6.45) is 5.00. The molecule has 0 unspecified atom stereocenters. The number of carbonyl (C=O) groups is 2. The highest BCUT2D eigenvalue weighted by atomic mass is 16.2. The van der Waals surface area contributed by atoms with E-state index in [1.807, 2.05) is 24.3 Å². The van der Waals surface area contributed by atoms with Gasteiger partial charge in [-0.25, -0.2) is 0 Å². The zero-order valence-corrected chi connectivity index (χ0v) is 11.5. The van der Waals surface area contributed by atoms with Crippen molar-refractivity contribution in [2.45, 2.75) is 32.6 Å². The molecular formula is C15H19N3O2. The highest BCUT2D eigenvalue weighted by Gasteiger charge is 2.12. The molecule has 0 saturated carbocycles. The lowest BCUT2D eigenvalue weighted by molar-refractivity contribution is -0.121. The molecule has 0 spiro atoms. The molecule has 0 aliphatic heterocycles. The smallest absolute Gasteiger partial charge is 0.271 e. The molecule has 106 valence electrons. The van der Waals surface area contributed by atoms with E-state index in [9.17, 15) is 9.59 Å². The number of carbonyl (C=O) groups excluding carboxylic acids is 2. The zero-order chi connectivity index (χ0) is 14.4. The Morgan fingerprint density at radius 2 is 1.95 bits per heavy atom. The molecule has 5 nitrogen and oxygen atoms in total. The van der Waals surface area contributed by atoms with Gasteiger partial charge in [0.1, 0.15) is 0 Å². The number of para-hydroxylation sites is 1. The number of nitrogens with one attached hydrogen (secondary N) is 3. The lowest BCUT2D eigenvalue weighted by atomic mass is 10.2. The van der Waals surface area contributed by atoms with E-state index in [1.165, 1.54) is 0 Å². The van der Waals surface area contributed by atoms with Crippen molar-refractivity contribution in [3.05, 3.63) is 36.0 Å². The Labute approximate surface area is 117 Å². The summed E-state index contributed by atoms with van der Waals surface area (Å²) in [7, 11) is 0. The van der Waals surface area contributed by atoms with E-state index >= 15 is 0 Å². The van der Waals surface area contributed by atoms with Gasteiger partial charge < -0.3 is 4.98 Å². The van der Waals surface area contributed by atoms with Crippen LogP contribution in [-0.4, -0.2) is 16.8 Å². The van der Waals surface area contributed by atoms with Gasteiger partial charge in [0.2, 0.25) is 5.91 Å². The number of fused-ring (bicyclic) bond motifs is 1. The van der Waals surface area contributed by atoms with Crippen molar-refractivity contribution in [2.75, 3.05) is 0 Å². The number of amides is 2. The highest BCUT2D eigenvalue weighted by molar-refractivity contribution is 6.07. The summed E-state index contributed by atoms with van der Waals surface area (Å²) < 4.78 is 0. The summed E-state index contributed by atoms with van der Waals surface area (Å²) in [4.78, 5) is 26.6. The minimum atomic E-state index is -0.314. The molecule has 2 rings (SSSR count). The summed E-state index contributed by atoms with van der Waals surface area (Å²) in [5, 5.41) is 0.838. The van der Waals surface area contributed by atoms with Crippen LogP contribution in [0.25, 0.3) is 10.9 Å². The van der Waals surface area contributed by atoms with E-state index < -0.39 is 0 Å². The maximum absolute atomic E-state index is 12.0. The number of hydrogen-bond acceptors (Lipinski definition) is 2. The molecular weight excluding hydrogens is 254 g/mol. The average molecular weight is 273 g/mol. The zero-order valence-electron chi connectivity index (χ0n) is 11.5. The van der Waals surface area contributed by atoms with E-state index in [2.05, 4.69) is 22.8 Å². The molecule has 2 amide bonds. The van der Waals surface area contributed by atoms with Crippen molar-refractivity contribution in [3.63, 3.8) is 0 Å². The molecule has 0 saturated heterocycles. The molecule has 1 aromatic heterocycles. The third kappa shape index (κ3) is 3.38. The van der Waals surface area contributed by atoms with Gasteiger partial charge in [-0.2, -0.15) is 0 Å². The molecule has 0 fully saturated rings. The van der Waals surface area contributed by atoms with Gasteiger partial charge in [-0.3, -0.25) is 20.4 Å². The molecule has 0 atom stereocenters. The van der Waals surface area contributed by atoms with E-state index in [1.54, 1.807) is 6.20 Å². The Bertz CT molecular complexity index is 604. The highest BCUT2D eigenvalue weighted by Crippen LogP contribution is 2.17. The Morgan fingerprint density at radius 1 is 1.15 bits per heavy atom. The number of aromatic nitrogens is 1. The first kappa shape index (κ1) is 14.1. The number of H-pyrrole nitrogens is 1. The number of rotatable bonds is 5. The van der Waals surface area contributed by atoms with Gasteiger partial charge in [-0.1, -0.05) is 38.0 Å². The first-order valence-electron chi connectivity index (χ1n) is 6.87. The van der Waals surface area contributed by atoms with Crippen molar-refractivity contribution < 1.29 is 9.59 Å². The summed E-state index contributed by atoms with van der Waals surface area (Å²) in [6, 6.07) is 7.53. The fraction of sp³-hybridized carbons (Fsp3) is 0.333. The predicted octanol–water partition coefficient (Wildman–Crippen LogP) is 2.51. The van der Waals surface area contributed by atoms with Crippen molar-refractivity contribution in [2.24, 2.45) is 0 Å². The maximum atomic E-state index is 12.0. The summed E-state index contributed by atoms with van der Waals surface area (Å²) in [6.45, 7) is 2.08. The SMILES string of the molecule is CCCCCC(=O)NNC(=O)c1c[nH]c2ccccc12. The van der Waals surface area contributed by atoms with Crippen molar-refractivity contribution in [1.82, 2.24) is 15.8 Å². The quantitative estimate of drug-likeness (QED) is 0.578. The lowest BCUT2D eigenvalue weighted by Crippen LogP contribution is -2.41. The van der Waals surface area contributed by atoms with E-state index in [-0.39, 0.29) is 11.8 Å². The topological polar surface area (TPSA) is 74.0 Å². The lowest BCUT2D eigenvalue weighted by Gasteiger charge is -2.06. The Balaban J connectivity index is 1.90. The summed E-state index contributed by atoms with van der Waals surface area (Å²) in [5.74, 6) is -0.474. The fourth-order valence-electron chi connectivity index (χ4n) is 2.05. The van der Waals surface area contributed by atoms with Crippen LogP contribution in [0.15, 0.2) is 30.5 Å². The Hall–Kier alpha value is -2.30. The molecule has 3 N–H and O–H groups in total. The molecule has 0 aliphatic carbocycles. The normalized spacial score (nSPS) is 10.4. The van der Waals surface area contributed by atoms with Crippen LogP contribution in [0.5, 0.6) is 0 Å². The van der Waals surface area contributed by atoms with Crippen molar-refractivity contribution >= 4 is 22.7 Å². The van der Waals surface area contributed by atoms with Crippen LogP contribution in [0.1, 0.15) is 43.0 Å². The molecule has 0 bridgehead atoms. The van der Waals surface area contributed by atoms with Gasteiger partial charge in [0.05, 0.1) is 5.56 Å². The molecule has 0 radical (unpaired) electrons. The minimum Gasteiger partial charge on any atom is -0.360 e. The van der Waals surface area contributed by atoms with Gasteiger partial charge in [-0.05, 0) is 12.5 Å². The largest absolute Gasteiger partial charge is 0.360 e. The van der Waals surface area contributed by atoms with Crippen molar-refractivity contribution in [1.29, 1.82) is 0 Å². The van der Waals surface area contributed by atoms with Gasteiger partial charge >= 0.3 is 0 Å². The van der Waals surface area contributed by atoms with Crippen LogP contribution in [0, 0.1) is 0 Å². The Kier molecular flexibility index (Phi) is 4.76. The van der Waals surface area contributed by atoms with Crippen LogP contribution >= 0.6 is 0 Å². The molecule has 5 heteroatoms. The number of unbranched alkanes of at least 4 members (excludes halogenated alkanes) is 2. The second kappa shape index (κ2) is 6.75.